The Labute approximate surface area is 130 Å². The predicted molar refractivity (Wildman–Crippen MR) is 82.0 cm³/mol. The van der Waals surface area contributed by atoms with Crippen LogP contribution in [0.15, 0.2) is 18.2 Å². The van der Waals surface area contributed by atoms with E-state index in [2.05, 4.69) is 0 Å². The summed E-state index contributed by atoms with van der Waals surface area (Å²) in [5, 5.41) is 0. The lowest BCUT2D eigenvalue weighted by Gasteiger charge is -2.39. The van der Waals surface area contributed by atoms with Crippen LogP contribution >= 0.6 is 0 Å². The molecule has 0 saturated carbocycles. The minimum Gasteiger partial charge on any atom is -0.458 e. The molecule has 0 radical (unpaired) electrons. The monoisotopic (exact) mass is 306 g/mol. The first kappa shape index (κ1) is 16.7. The van der Waals surface area contributed by atoms with Crippen molar-refractivity contribution in [1.82, 2.24) is 0 Å². The fourth-order valence-electron chi connectivity index (χ4n) is 3.12. The van der Waals surface area contributed by atoms with Gasteiger partial charge in [0.1, 0.15) is 23.6 Å². The van der Waals surface area contributed by atoms with Crippen molar-refractivity contribution in [2.75, 3.05) is 0 Å². The molecular weight excluding hydrogens is 283 g/mol. The molecule has 3 nitrogen and oxygen atoms in total. The van der Waals surface area contributed by atoms with Gasteiger partial charge in [-0.25, -0.2) is 4.39 Å². The van der Waals surface area contributed by atoms with E-state index < -0.39 is 11.6 Å². The Bertz CT molecular complexity index is 562. The van der Waals surface area contributed by atoms with Gasteiger partial charge in [-0.05, 0) is 48.4 Å². The molecule has 1 atom stereocenters. The van der Waals surface area contributed by atoms with Gasteiger partial charge < -0.3 is 4.74 Å². The van der Waals surface area contributed by atoms with E-state index in [-0.39, 0.29) is 30.4 Å². The summed E-state index contributed by atoms with van der Waals surface area (Å²) < 4.78 is 19.1. The molecule has 0 bridgehead atoms. The van der Waals surface area contributed by atoms with Crippen LogP contribution in [0.5, 0.6) is 0 Å². The zero-order chi connectivity index (χ0) is 16.3. The molecule has 4 heteroatoms. The molecule has 0 spiro atoms. The fraction of sp³-hybridized carbons (Fsp3) is 0.556. The Morgan fingerprint density at radius 1 is 1.27 bits per heavy atom. The van der Waals surface area contributed by atoms with Crippen LogP contribution in [-0.2, 0) is 27.2 Å². The molecule has 1 heterocycles. The van der Waals surface area contributed by atoms with E-state index in [1.165, 1.54) is 6.07 Å². The number of ether oxygens (including phenoxy) is 1. The van der Waals surface area contributed by atoms with Gasteiger partial charge in [0.2, 0.25) is 0 Å². The van der Waals surface area contributed by atoms with Crippen LogP contribution in [0.2, 0.25) is 0 Å². The Hall–Kier alpha value is -1.71. The number of carbonyl (C=O) groups excluding carboxylic acids is 2. The minimum absolute atomic E-state index is 0.0411. The average molecular weight is 306 g/mol. The van der Waals surface area contributed by atoms with Crippen molar-refractivity contribution in [2.24, 2.45) is 5.92 Å². The normalized spacial score (nSPS) is 22.0. The number of ketones is 1. The standard InChI is InChI=1S/C18H23FO3/c1-4-13-5-6-15(19)9-14(13)7-8-18(12(2)3)11-16(20)10-17(21)22-18/h5-6,9,12H,4,7-8,10-11H2,1-3H3. The number of Topliss-reactive ketones (excluding diaryl/α,β-unsaturated/α-hetero) is 1. The summed E-state index contributed by atoms with van der Waals surface area (Å²) in [5.74, 6) is -0.735. The number of aryl methyl sites for hydroxylation is 2. The summed E-state index contributed by atoms with van der Waals surface area (Å²) in [6.07, 6.45) is 2.09. The molecular formula is C18H23FO3. The van der Waals surface area contributed by atoms with Gasteiger partial charge in [-0.15, -0.1) is 0 Å². The first-order valence-electron chi connectivity index (χ1n) is 7.87. The lowest BCUT2D eigenvalue weighted by Crippen LogP contribution is -2.47. The largest absolute Gasteiger partial charge is 0.458 e. The van der Waals surface area contributed by atoms with Gasteiger partial charge in [-0.3, -0.25) is 9.59 Å². The van der Waals surface area contributed by atoms with E-state index in [1.807, 2.05) is 20.8 Å². The van der Waals surface area contributed by atoms with Gasteiger partial charge in [-0.2, -0.15) is 0 Å². The van der Waals surface area contributed by atoms with Crippen molar-refractivity contribution in [3.05, 3.63) is 35.1 Å². The van der Waals surface area contributed by atoms with Crippen molar-refractivity contribution in [2.45, 2.75) is 58.5 Å². The number of esters is 1. The third-order valence-corrected chi connectivity index (χ3v) is 4.57. The number of carbonyl (C=O) groups is 2. The lowest BCUT2D eigenvalue weighted by atomic mass is 9.78. The molecule has 0 aromatic heterocycles. The van der Waals surface area contributed by atoms with E-state index in [0.717, 1.165) is 17.5 Å². The molecule has 1 aromatic rings. The highest BCUT2D eigenvalue weighted by molar-refractivity contribution is 5.98. The zero-order valence-corrected chi connectivity index (χ0v) is 13.4. The first-order chi connectivity index (χ1) is 10.4. The highest BCUT2D eigenvalue weighted by Crippen LogP contribution is 2.35. The van der Waals surface area contributed by atoms with Crippen LogP contribution in [-0.4, -0.2) is 17.4 Å². The van der Waals surface area contributed by atoms with Crippen molar-refractivity contribution in [3.63, 3.8) is 0 Å². The van der Waals surface area contributed by atoms with Crippen LogP contribution in [0.3, 0.4) is 0 Å². The Kier molecular flexibility index (Phi) is 4.99. The van der Waals surface area contributed by atoms with Crippen LogP contribution < -0.4 is 0 Å². The van der Waals surface area contributed by atoms with Crippen LogP contribution in [0, 0.1) is 11.7 Å². The molecule has 1 aliphatic heterocycles. The molecule has 22 heavy (non-hydrogen) atoms. The van der Waals surface area contributed by atoms with Crippen molar-refractivity contribution < 1.29 is 18.7 Å². The van der Waals surface area contributed by atoms with Crippen molar-refractivity contribution in [3.8, 4) is 0 Å². The summed E-state index contributed by atoms with van der Waals surface area (Å²) in [5.41, 5.74) is 1.26. The number of halogens is 1. The number of benzene rings is 1. The van der Waals surface area contributed by atoms with E-state index >= 15 is 0 Å². The molecule has 1 aliphatic rings. The van der Waals surface area contributed by atoms with E-state index in [1.54, 1.807) is 12.1 Å². The lowest BCUT2D eigenvalue weighted by molar-refractivity contribution is -0.177. The van der Waals surface area contributed by atoms with Gasteiger partial charge in [0.25, 0.3) is 0 Å². The molecule has 0 amide bonds. The SMILES string of the molecule is CCc1ccc(F)cc1CCC1(C(C)C)CC(=O)CC(=O)O1. The minimum atomic E-state index is -0.760. The van der Waals surface area contributed by atoms with Crippen LogP contribution in [0.1, 0.15) is 51.2 Å². The smallest absolute Gasteiger partial charge is 0.313 e. The molecule has 1 fully saturated rings. The third-order valence-electron chi connectivity index (χ3n) is 4.57. The van der Waals surface area contributed by atoms with Crippen LogP contribution in [0.25, 0.3) is 0 Å². The highest BCUT2D eigenvalue weighted by Gasteiger charge is 2.43. The topological polar surface area (TPSA) is 43.4 Å². The maximum absolute atomic E-state index is 13.5. The summed E-state index contributed by atoms with van der Waals surface area (Å²) in [4.78, 5) is 23.5. The predicted octanol–water partition coefficient (Wildman–Crippen LogP) is 3.62. The highest BCUT2D eigenvalue weighted by atomic mass is 19.1. The van der Waals surface area contributed by atoms with Crippen molar-refractivity contribution in [1.29, 1.82) is 0 Å². The van der Waals surface area contributed by atoms with E-state index in [9.17, 15) is 14.0 Å². The van der Waals surface area contributed by atoms with Gasteiger partial charge in [0, 0.05) is 6.42 Å². The molecule has 1 aromatic carbocycles. The zero-order valence-electron chi connectivity index (χ0n) is 13.4. The number of hydrogen-bond acceptors (Lipinski definition) is 3. The maximum Gasteiger partial charge on any atom is 0.313 e. The van der Waals surface area contributed by atoms with Crippen molar-refractivity contribution >= 4 is 11.8 Å². The second-order valence-electron chi connectivity index (χ2n) is 6.35. The van der Waals surface area contributed by atoms with Gasteiger partial charge in [0.15, 0.2) is 0 Å². The summed E-state index contributed by atoms with van der Waals surface area (Å²) in [7, 11) is 0. The fourth-order valence-corrected chi connectivity index (χ4v) is 3.12. The summed E-state index contributed by atoms with van der Waals surface area (Å²) >= 11 is 0. The molecule has 0 N–H and O–H groups in total. The molecule has 120 valence electrons. The second-order valence-corrected chi connectivity index (χ2v) is 6.35. The van der Waals surface area contributed by atoms with E-state index in [4.69, 9.17) is 4.74 Å². The average Bonchev–Trinajstić information content (AvgIpc) is 2.44. The number of hydrogen-bond donors (Lipinski definition) is 0. The number of cyclic esters (lactones) is 1. The second kappa shape index (κ2) is 6.59. The Morgan fingerprint density at radius 3 is 2.59 bits per heavy atom. The molecule has 2 rings (SSSR count). The molecule has 0 aliphatic carbocycles. The third kappa shape index (κ3) is 3.54. The quantitative estimate of drug-likeness (QED) is 0.616. The Morgan fingerprint density at radius 2 is 2.00 bits per heavy atom. The summed E-state index contributed by atoms with van der Waals surface area (Å²) in [6, 6.07) is 4.80. The molecule has 1 saturated heterocycles. The molecule has 1 unspecified atom stereocenters. The van der Waals surface area contributed by atoms with Gasteiger partial charge in [0.05, 0.1) is 0 Å². The van der Waals surface area contributed by atoms with Gasteiger partial charge >= 0.3 is 5.97 Å². The van der Waals surface area contributed by atoms with Crippen LogP contribution in [0.4, 0.5) is 4.39 Å². The Balaban J connectivity index is 2.21. The van der Waals surface area contributed by atoms with E-state index in [0.29, 0.717) is 12.8 Å². The summed E-state index contributed by atoms with van der Waals surface area (Å²) in [6.45, 7) is 5.94. The number of rotatable bonds is 5. The first-order valence-corrected chi connectivity index (χ1v) is 7.87. The van der Waals surface area contributed by atoms with Gasteiger partial charge in [-0.1, -0.05) is 26.8 Å². The maximum atomic E-state index is 13.5.